The summed E-state index contributed by atoms with van der Waals surface area (Å²) in [7, 11) is 0.934. The molecule has 9 heteroatoms. The minimum absolute atomic E-state index is 0.178. The number of hydrogen-bond acceptors (Lipinski definition) is 6. The summed E-state index contributed by atoms with van der Waals surface area (Å²) < 4.78 is 31.9. The van der Waals surface area contributed by atoms with Crippen molar-refractivity contribution < 1.29 is 17.9 Å². The average molecular weight is 442 g/mol. The van der Waals surface area contributed by atoms with Crippen LogP contribution in [-0.4, -0.2) is 44.8 Å². The molecule has 0 fully saturated rings. The summed E-state index contributed by atoms with van der Waals surface area (Å²) in [4.78, 5) is 17.5. The molecule has 154 valence electrons. The summed E-state index contributed by atoms with van der Waals surface area (Å²) >= 11 is 1.21. The number of sulfonamides is 1. The van der Waals surface area contributed by atoms with E-state index in [9.17, 15) is 13.2 Å². The third-order valence-electron chi connectivity index (χ3n) is 4.67. The quantitative estimate of drug-likeness (QED) is 0.506. The van der Waals surface area contributed by atoms with Gasteiger partial charge in [-0.3, -0.25) is 10.1 Å². The number of amides is 1. The first-order chi connectivity index (χ1) is 14.3. The lowest BCUT2D eigenvalue weighted by Crippen LogP contribution is -2.22. The van der Waals surface area contributed by atoms with Gasteiger partial charge in [0.15, 0.2) is 5.13 Å². The molecule has 4 rings (SSSR count). The molecule has 0 unspecified atom stereocenters. The highest BCUT2D eigenvalue weighted by molar-refractivity contribution is 7.89. The Labute approximate surface area is 178 Å². The van der Waals surface area contributed by atoms with Crippen LogP contribution in [0.25, 0.3) is 21.0 Å². The van der Waals surface area contributed by atoms with Gasteiger partial charge >= 0.3 is 0 Å². The topological polar surface area (TPSA) is 88.6 Å². The van der Waals surface area contributed by atoms with E-state index in [-0.39, 0.29) is 10.8 Å². The predicted octanol–water partition coefficient (Wildman–Crippen LogP) is 3.96. The van der Waals surface area contributed by atoms with E-state index >= 15 is 0 Å². The number of hydrogen-bond donors (Lipinski definition) is 1. The first-order valence-electron chi connectivity index (χ1n) is 9.01. The molecule has 0 radical (unpaired) electrons. The van der Waals surface area contributed by atoms with Gasteiger partial charge in [-0.2, -0.15) is 0 Å². The molecule has 1 N–H and O–H groups in total. The van der Waals surface area contributed by atoms with E-state index in [1.54, 1.807) is 18.2 Å². The number of nitrogens with one attached hydrogen (secondary N) is 1. The van der Waals surface area contributed by atoms with Crippen molar-refractivity contribution in [1.82, 2.24) is 9.29 Å². The molecule has 1 amide bonds. The molecule has 3 aromatic carbocycles. The highest BCUT2D eigenvalue weighted by Gasteiger charge is 2.19. The van der Waals surface area contributed by atoms with E-state index in [2.05, 4.69) is 10.3 Å². The normalized spacial score (nSPS) is 11.9. The number of ether oxygens (including phenoxy) is 1. The van der Waals surface area contributed by atoms with Crippen molar-refractivity contribution in [2.45, 2.75) is 4.90 Å². The number of carbonyl (C=O) groups excluding carboxylic acids is 1. The van der Waals surface area contributed by atoms with E-state index in [0.717, 1.165) is 15.1 Å². The molecule has 7 nitrogen and oxygen atoms in total. The number of benzene rings is 3. The van der Waals surface area contributed by atoms with Crippen LogP contribution in [-0.2, 0) is 10.0 Å². The van der Waals surface area contributed by atoms with Crippen LogP contribution in [0.4, 0.5) is 5.13 Å². The lowest BCUT2D eigenvalue weighted by atomic mass is 10.1. The van der Waals surface area contributed by atoms with Gasteiger partial charge in [0.05, 0.1) is 27.8 Å². The van der Waals surface area contributed by atoms with Crippen molar-refractivity contribution in [2.24, 2.45) is 0 Å². The van der Waals surface area contributed by atoms with E-state index < -0.39 is 10.0 Å². The van der Waals surface area contributed by atoms with Crippen molar-refractivity contribution in [2.75, 3.05) is 26.5 Å². The van der Waals surface area contributed by atoms with Gasteiger partial charge in [0.1, 0.15) is 5.75 Å². The van der Waals surface area contributed by atoms with Crippen molar-refractivity contribution in [3.63, 3.8) is 0 Å². The maximum Gasteiger partial charge on any atom is 0.261 e. The Morgan fingerprint density at radius 3 is 2.43 bits per heavy atom. The Kier molecular flexibility index (Phi) is 5.19. The van der Waals surface area contributed by atoms with Crippen molar-refractivity contribution in [3.8, 4) is 5.75 Å². The van der Waals surface area contributed by atoms with E-state index in [1.807, 2.05) is 30.3 Å². The summed E-state index contributed by atoms with van der Waals surface area (Å²) in [5.41, 5.74) is 1.00. The Morgan fingerprint density at radius 2 is 1.77 bits per heavy atom. The minimum atomic E-state index is -3.55. The number of methoxy groups -OCH3 is 1. The zero-order valence-corrected chi connectivity index (χ0v) is 18.2. The average Bonchev–Trinajstić information content (AvgIpc) is 3.13. The predicted molar refractivity (Wildman–Crippen MR) is 119 cm³/mol. The third-order valence-corrected chi connectivity index (χ3v) is 7.42. The van der Waals surface area contributed by atoms with Crippen LogP contribution in [0.15, 0.2) is 59.5 Å². The summed E-state index contributed by atoms with van der Waals surface area (Å²) in [6.07, 6.45) is 0. The molecule has 0 spiro atoms. The Hall–Kier alpha value is -3.01. The van der Waals surface area contributed by atoms with Crippen LogP contribution in [0.1, 0.15) is 10.4 Å². The van der Waals surface area contributed by atoms with Crippen LogP contribution in [0, 0.1) is 0 Å². The number of rotatable bonds is 5. The maximum absolute atomic E-state index is 12.9. The molecule has 0 atom stereocenters. The summed E-state index contributed by atoms with van der Waals surface area (Å²) in [6.45, 7) is 0. The molecule has 30 heavy (non-hydrogen) atoms. The van der Waals surface area contributed by atoms with Gasteiger partial charge < -0.3 is 4.74 Å². The molecular weight excluding hydrogens is 422 g/mol. The standard InChI is InChI=1S/C21H19N3O4S2/c1-24(2)30(26,27)15-8-9-17-19(12-15)29-21(22-17)23-20(25)16-10-13-6-4-5-7-14(13)11-18(16)28-3/h4-12H,1-3H3,(H,22,23,25). The second kappa shape index (κ2) is 7.67. The van der Waals surface area contributed by atoms with Gasteiger partial charge in [-0.15, -0.1) is 0 Å². The summed E-state index contributed by atoms with van der Waals surface area (Å²) in [6, 6.07) is 16.0. The number of aromatic nitrogens is 1. The van der Waals surface area contributed by atoms with Crippen molar-refractivity contribution in [1.29, 1.82) is 0 Å². The third kappa shape index (κ3) is 3.62. The van der Waals surface area contributed by atoms with E-state index in [4.69, 9.17) is 4.74 Å². The number of anilines is 1. The lowest BCUT2D eigenvalue weighted by Gasteiger charge is -2.10. The number of nitrogens with zero attached hydrogens (tertiary/aromatic N) is 2. The van der Waals surface area contributed by atoms with Gasteiger partial charge in [-0.1, -0.05) is 35.6 Å². The summed E-state index contributed by atoms with van der Waals surface area (Å²) in [5, 5.41) is 5.07. The van der Waals surface area contributed by atoms with Gasteiger partial charge in [0, 0.05) is 14.1 Å². The second-order valence-corrected chi connectivity index (χ2v) is 9.97. The van der Waals surface area contributed by atoms with E-state index in [1.165, 1.54) is 38.6 Å². The minimum Gasteiger partial charge on any atom is -0.496 e. The molecule has 0 saturated heterocycles. The first kappa shape index (κ1) is 20.3. The zero-order chi connectivity index (χ0) is 21.5. The molecule has 0 saturated carbocycles. The summed E-state index contributed by atoms with van der Waals surface area (Å²) in [5.74, 6) is 0.115. The van der Waals surface area contributed by atoms with Gasteiger partial charge in [-0.05, 0) is 41.1 Å². The van der Waals surface area contributed by atoms with Crippen LogP contribution in [0.2, 0.25) is 0 Å². The SMILES string of the molecule is COc1cc2ccccc2cc1C(=O)Nc1nc2ccc(S(=O)(=O)N(C)C)cc2s1. The molecule has 0 bridgehead atoms. The monoisotopic (exact) mass is 441 g/mol. The molecule has 0 aliphatic rings. The maximum atomic E-state index is 12.9. The van der Waals surface area contributed by atoms with E-state index in [0.29, 0.717) is 26.7 Å². The Bertz CT molecular complexity index is 1380. The molecule has 0 aliphatic carbocycles. The van der Waals surface area contributed by atoms with Crippen molar-refractivity contribution >= 4 is 53.4 Å². The number of thiazole rings is 1. The molecule has 1 heterocycles. The fourth-order valence-corrected chi connectivity index (χ4v) is 4.96. The zero-order valence-electron chi connectivity index (χ0n) is 16.5. The van der Waals surface area contributed by atoms with Crippen LogP contribution < -0.4 is 10.1 Å². The lowest BCUT2D eigenvalue weighted by molar-refractivity contribution is 0.102. The molecule has 4 aromatic rings. The van der Waals surface area contributed by atoms with Crippen molar-refractivity contribution in [3.05, 3.63) is 60.2 Å². The number of fused-ring (bicyclic) bond motifs is 2. The largest absolute Gasteiger partial charge is 0.496 e. The van der Waals surface area contributed by atoms with Crippen LogP contribution >= 0.6 is 11.3 Å². The highest BCUT2D eigenvalue weighted by atomic mass is 32.2. The second-order valence-electron chi connectivity index (χ2n) is 6.79. The molecular formula is C21H19N3O4S2. The van der Waals surface area contributed by atoms with Crippen LogP contribution in [0.3, 0.4) is 0 Å². The fraction of sp³-hybridized carbons (Fsp3) is 0.143. The molecule has 0 aliphatic heterocycles. The van der Waals surface area contributed by atoms with Gasteiger partial charge in [-0.25, -0.2) is 17.7 Å². The highest BCUT2D eigenvalue weighted by Crippen LogP contribution is 2.31. The van der Waals surface area contributed by atoms with Gasteiger partial charge in [0.25, 0.3) is 5.91 Å². The van der Waals surface area contributed by atoms with Crippen LogP contribution in [0.5, 0.6) is 5.75 Å². The Balaban J connectivity index is 1.67. The smallest absolute Gasteiger partial charge is 0.261 e. The molecule has 1 aromatic heterocycles. The number of carbonyl (C=O) groups is 1. The first-order valence-corrected chi connectivity index (χ1v) is 11.3. The fourth-order valence-electron chi connectivity index (χ4n) is 3.06. The van der Waals surface area contributed by atoms with Gasteiger partial charge in [0.2, 0.25) is 10.0 Å². The Morgan fingerprint density at radius 1 is 1.07 bits per heavy atom.